The molecule has 1 aromatic rings. The molecule has 0 radical (unpaired) electrons. The van der Waals surface area contributed by atoms with E-state index in [1.807, 2.05) is 0 Å². The highest BCUT2D eigenvalue weighted by Gasteiger charge is 2.39. The summed E-state index contributed by atoms with van der Waals surface area (Å²) in [5.41, 5.74) is 0.807. The fraction of sp³-hybridized carbons (Fsp3) is 0.500. The molecule has 2 aliphatic rings. The van der Waals surface area contributed by atoms with Gasteiger partial charge in [-0.2, -0.15) is 18.3 Å². The number of hydrazone groups is 1. The molecule has 1 saturated heterocycles. The van der Waals surface area contributed by atoms with Crippen LogP contribution in [0.15, 0.2) is 23.3 Å². The lowest BCUT2D eigenvalue weighted by atomic mass is 10.0. The van der Waals surface area contributed by atoms with E-state index >= 15 is 0 Å². The molecule has 6 nitrogen and oxygen atoms in total. The summed E-state index contributed by atoms with van der Waals surface area (Å²) in [6, 6.07) is 3.98. The van der Waals surface area contributed by atoms with Crippen LogP contribution < -0.4 is 10.3 Å². The number of alkyl halides is 3. The van der Waals surface area contributed by atoms with Gasteiger partial charge >= 0.3 is 6.18 Å². The zero-order valence-electron chi connectivity index (χ0n) is 13.9. The molecule has 2 aliphatic heterocycles. The van der Waals surface area contributed by atoms with Gasteiger partial charge in [0.2, 0.25) is 0 Å². The number of carbonyl (C=O) groups excluding carboxylic acids is 1. The maximum Gasteiger partial charge on any atom is 0.418 e. The molecule has 0 aliphatic carbocycles. The predicted octanol–water partition coefficient (Wildman–Crippen LogP) is 1.39. The van der Waals surface area contributed by atoms with Gasteiger partial charge in [-0.3, -0.25) is 4.79 Å². The normalized spacial score (nSPS) is 24.4. The average Bonchev–Trinajstić information content (AvgIpc) is 2.86. The van der Waals surface area contributed by atoms with Gasteiger partial charge in [-0.05, 0) is 31.5 Å². The van der Waals surface area contributed by atoms with E-state index < -0.39 is 17.3 Å². The molecule has 0 saturated carbocycles. The van der Waals surface area contributed by atoms with E-state index in [1.54, 1.807) is 24.9 Å². The topological polar surface area (TPSA) is 68.2 Å². The minimum atomic E-state index is -4.54. The summed E-state index contributed by atoms with van der Waals surface area (Å²) < 4.78 is 40.8. The number of likely N-dealkylation sites (N-methyl/N-ethyl adjacent to an activating group) is 1. The molecule has 0 aromatic heterocycles. The fourth-order valence-electron chi connectivity index (χ4n) is 3.14. The second kappa shape index (κ2) is 5.91. The molecule has 1 atom stereocenters. The number of nitrogens with one attached hydrogen (secondary N) is 1. The molecule has 136 valence electrons. The molecule has 1 aromatic carbocycles. The lowest BCUT2D eigenvalue weighted by molar-refractivity contribution is -0.137. The van der Waals surface area contributed by atoms with E-state index in [2.05, 4.69) is 10.5 Å². The van der Waals surface area contributed by atoms with Crippen LogP contribution in [0.5, 0.6) is 0 Å². The fourth-order valence-corrected chi connectivity index (χ4v) is 3.14. The third-order valence-electron chi connectivity index (χ3n) is 4.38. The SMILES string of the molecule is CN1CC(=O)NN=C1c1ccc(N2CC[C@](C)(O)C2)c(C(F)(F)F)c1. The molecule has 3 rings (SSSR count). The molecule has 2 heterocycles. The van der Waals surface area contributed by atoms with Crippen LogP contribution in [0.4, 0.5) is 18.9 Å². The molecule has 9 heteroatoms. The van der Waals surface area contributed by atoms with Gasteiger partial charge in [0, 0.05) is 31.4 Å². The summed E-state index contributed by atoms with van der Waals surface area (Å²) in [7, 11) is 1.59. The van der Waals surface area contributed by atoms with Crippen LogP contribution in [-0.2, 0) is 11.0 Å². The maximum atomic E-state index is 13.6. The largest absolute Gasteiger partial charge is 0.418 e. The van der Waals surface area contributed by atoms with Gasteiger partial charge in [0.1, 0.15) is 0 Å². The van der Waals surface area contributed by atoms with Gasteiger partial charge in [0.05, 0.1) is 17.7 Å². The lowest BCUT2D eigenvalue weighted by Crippen LogP contribution is -2.43. The standard InChI is InChI=1S/C16H19F3N4O2/c1-15(25)5-6-23(9-15)12-4-3-10(7-11(12)16(17,18)19)14-21-20-13(24)8-22(14)2/h3-4,7,25H,5-6,8-9H2,1-2H3,(H,20,24)/t15-/m0/s1. The third-order valence-corrected chi connectivity index (χ3v) is 4.38. The molecule has 1 fully saturated rings. The Morgan fingerprint density at radius 1 is 1.36 bits per heavy atom. The maximum absolute atomic E-state index is 13.6. The Balaban J connectivity index is 2.01. The van der Waals surface area contributed by atoms with Crippen molar-refractivity contribution in [3.05, 3.63) is 29.3 Å². The number of hydrogen-bond donors (Lipinski definition) is 2. The van der Waals surface area contributed by atoms with Crippen molar-refractivity contribution < 1.29 is 23.1 Å². The molecule has 1 amide bonds. The average molecular weight is 356 g/mol. The summed E-state index contributed by atoms with van der Waals surface area (Å²) in [6.45, 7) is 2.14. The van der Waals surface area contributed by atoms with Crippen molar-refractivity contribution >= 4 is 17.4 Å². The molecular formula is C16H19F3N4O2. The Bertz CT molecular complexity index is 731. The van der Waals surface area contributed by atoms with Gasteiger partial charge in [-0.15, -0.1) is 0 Å². The van der Waals surface area contributed by atoms with Crippen molar-refractivity contribution in [2.24, 2.45) is 5.10 Å². The van der Waals surface area contributed by atoms with Gasteiger partial charge in [0.25, 0.3) is 5.91 Å². The van der Waals surface area contributed by atoms with E-state index in [-0.39, 0.29) is 36.1 Å². The first kappa shape index (κ1) is 17.5. The molecule has 0 bridgehead atoms. The highest BCUT2D eigenvalue weighted by molar-refractivity contribution is 6.03. The second-order valence-electron chi connectivity index (χ2n) is 6.72. The third kappa shape index (κ3) is 3.55. The van der Waals surface area contributed by atoms with E-state index in [4.69, 9.17) is 0 Å². The summed E-state index contributed by atoms with van der Waals surface area (Å²) in [5, 5.41) is 13.9. The van der Waals surface area contributed by atoms with Crippen LogP contribution in [-0.4, -0.2) is 54.0 Å². The number of nitrogens with zero attached hydrogens (tertiary/aromatic N) is 3. The monoisotopic (exact) mass is 356 g/mol. The van der Waals surface area contributed by atoms with E-state index in [1.165, 1.54) is 11.0 Å². The van der Waals surface area contributed by atoms with Crippen molar-refractivity contribution in [2.75, 3.05) is 31.6 Å². The number of carbonyl (C=O) groups is 1. The van der Waals surface area contributed by atoms with Crippen LogP contribution in [0.2, 0.25) is 0 Å². The minimum absolute atomic E-state index is 0.0247. The number of β-amino-alcohol motifs (C(OH)–C–C–N with tert-alkyl or cyclic N) is 1. The van der Waals surface area contributed by atoms with Crippen LogP contribution in [0.1, 0.15) is 24.5 Å². The Morgan fingerprint density at radius 3 is 2.64 bits per heavy atom. The summed E-state index contributed by atoms with van der Waals surface area (Å²) in [5.74, 6) is -0.0525. The van der Waals surface area contributed by atoms with Crippen LogP contribution in [0, 0.1) is 0 Å². The number of anilines is 1. The molecular weight excluding hydrogens is 337 g/mol. The first-order valence-electron chi connectivity index (χ1n) is 7.83. The van der Waals surface area contributed by atoms with Gasteiger partial charge in [-0.1, -0.05) is 0 Å². The van der Waals surface area contributed by atoms with Crippen molar-refractivity contribution in [2.45, 2.75) is 25.1 Å². The minimum Gasteiger partial charge on any atom is -0.388 e. The Hall–Kier alpha value is -2.29. The van der Waals surface area contributed by atoms with Gasteiger partial charge < -0.3 is 14.9 Å². The zero-order valence-corrected chi connectivity index (χ0v) is 13.9. The number of benzene rings is 1. The highest BCUT2D eigenvalue weighted by Crippen LogP contribution is 2.39. The van der Waals surface area contributed by atoms with Crippen LogP contribution in [0.25, 0.3) is 0 Å². The quantitative estimate of drug-likeness (QED) is 0.840. The number of amides is 1. The highest BCUT2D eigenvalue weighted by atomic mass is 19.4. The van der Waals surface area contributed by atoms with E-state index in [0.717, 1.165) is 6.07 Å². The molecule has 0 spiro atoms. The van der Waals surface area contributed by atoms with Crippen molar-refractivity contribution in [1.29, 1.82) is 0 Å². The van der Waals surface area contributed by atoms with Crippen molar-refractivity contribution in [3.63, 3.8) is 0 Å². The van der Waals surface area contributed by atoms with Crippen LogP contribution in [0.3, 0.4) is 0 Å². The van der Waals surface area contributed by atoms with Crippen molar-refractivity contribution in [3.8, 4) is 0 Å². The van der Waals surface area contributed by atoms with Gasteiger partial charge in [-0.25, -0.2) is 5.43 Å². The molecule has 25 heavy (non-hydrogen) atoms. The van der Waals surface area contributed by atoms with Gasteiger partial charge in [0.15, 0.2) is 5.84 Å². The molecule has 0 unspecified atom stereocenters. The van der Waals surface area contributed by atoms with Crippen LogP contribution >= 0.6 is 0 Å². The Morgan fingerprint density at radius 2 is 2.08 bits per heavy atom. The molecule has 2 N–H and O–H groups in total. The lowest BCUT2D eigenvalue weighted by Gasteiger charge is -2.27. The predicted molar refractivity (Wildman–Crippen MR) is 86.2 cm³/mol. The number of halogens is 3. The number of hydrogen-bond acceptors (Lipinski definition) is 5. The zero-order chi connectivity index (χ0) is 18.4. The summed E-state index contributed by atoms with van der Waals surface area (Å²) in [6.07, 6.45) is -4.13. The number of amidine groups is 1. The summed E-state index contributed by atoms with van der Waals surface area (Å²) in [4.78, 5) is 14.3. The smallest absolute Gasteiger partial charge is 0.388 e. The van der Waals surface area contributed by atoms with Crippen molar-refractivity contribution in [1.82, 2.24) is 10.3 Å². The number of rotatable bonds is 2. The first-order chi connectivity index (χ1) is 11.6. The van der Waals surface area contributed by atoms with E-state index in [0.29, 0.717) is 13.0 Å². The Labute approximate surface area is 142 Å². The second-order valence-corrected chi connectivity index (χ2v) is 6.72. The summed E-state index contributed by atoms with van der Waals surface area (Å²) >= 11 is 0. The first-order valence-corrected chi connectivity index (χ1v) is 7.83. The number of aliphatic hydroxyl groups is 1. The van der Waals surface area contributed by atoms with E-state index in [9.17, 15) is 23.1 Å². The Kier molecular flexibility index (Phi) is 4.14.